The number of hydrogen-bond donors (Lipinski definition) is 1. The maximum absolute atomic E-state index is 14.1. The number of esters is 8. The van der Waals surface area contributed by atoms with Crippen molar-refractivity contribution in [2.24, 2.45) is 17.3 Å². The first-order valence-corrected chi connectivity index (χ1v) is 18.3. The molecule has 5 rings (SSSR count). The molecule has 19 heteroatoms. The summed E-state index contributed by atoms with van der Waals surface area (Å²) in [7, 11) is 0. The average Bonchev–Trinajstić information content (AvgIpc) is 3.32. The summed E-state index contributed by atoms with van der Waals surface area (Å²) < 4.78 is 54.2. The van der Waals surface area contributed by atoms with Gasteiger partial charge in [0.25, 0.3) is 0 Å². The van der Waals surface area contributed by atoms with E-state index >= 15 is 0 Å². The quantitative estimate of drug-likeness (QED) is 0.296. The molecule has 312 valence electrons. The second-order valence-corrected chi connectivity index (χ2v) is 15.3. The number of hydrogen-bond acceptors (Lipinski definition) is 19. The van der Waals surface area contributed by atoms with Crippen molar-refractivity contribution < 1.29 is 86.1 Å². The van der Waals surface area contributed by atoms with Crippen LogP contribution in [0.5, 0.6) is 0 Å². The fourth-order valence-corrected chi connectivity index (χ4v) is 9.16. The number of nitrogens with zero attached hydrogens (tertiary/aromatic N) is 1. The van der Waals surface area contributed by atoms with Crippen molar-refractivity contribution in [2.75, 3.05) is 13.2 Å². The molecule has 3 fully saturated rings. The van der Waals surface area contributed by atoms with Gasteiger partial charge in [0.1, 0.15) is 42.0 Å². The van der Waals surface area contributed by atoms with Crippen molar-refractivity contribution in [3.63, 3.8) is 0 Å². The van der Waals surface area contributed by atoms with Gasteiger partial charge < -0.3 is 47.7 Å². The SMILES string of the molecule is CC(=O)OC[C@]12[C@H](OC(C)=O)[C@H](OC(C)=O)[C@@H]3[C@H](OC(C)=O)[C@@]14O[C@@]3(C)COC(=O)c1cccnc1CC[C@H](C)C(=O)O[C@@H]([C@H](OC(C)=O)[C@@H]2OC(C)=O)[C@]4(C)O. The molecule has 2 aliphatic heterocycles. The summed E-state index contributed by atoms with van der Waals surface area (Å²) in [4.78, 5) is 111. The third-order valence-electron chi connectivity index (χ3n) is 11.1. The average molecular weight is 806 g/mol. The summed E-state index contributed by atoms with van der Waals surface area (Å²) in [6, 6.07) is 2.95. The number of aromatic nitrogens is 1. The van der Waals surface area contributed by atoms with Gasteiger partial charge in [0, 0.05) is 47.7 Å². The van der Waals surface area contributed by atoms with Gasteiger partial charge in [-0.15, -0.1) is 0 Å². The van der Waals surface area contributed by atoms with Crippen LogP contribution in [-0.4, -0.2) is 124 Å². The number of cyclic esters (lactones) is 1. The topological polar surface area (TPSA) is 253 Å². The number of aliphatic hydroxyl groups is 1. The first-order valence-electron chi connectivity index (χ1n) is 18.3. The highest BCUT2D eigenvalue weighted by Crippen LogP contribution is 2.70. The number of fused-ring (bicyclic) bond motifs is 5. The molecule has 0 unspecified atom stereocenters. The first-order chi connectivity index (χ1) is 26.5. The monoisotopic (exact) mass is 805 g/mol. The lowest BCUT2D eigenvalue weighted by Crippen LogP contribution is -2.89. The number of pyridine rings is 1. The Kier molecular flexibility index (Phi) is 11.8. The summed E-state index contributed by atoms with van der Waals surface area (Å²) in [5.74, 6) is -10.5. The largest absolute Gasteiger partial charge is 0.465 e. The molecule has 0 aromatic carbocycles. The molecule has 57 heavy (non-hydrogen) atoms. The fourth-order valence-electron chi connectivity index (χ4n) is 9.16. The minimum absolute atomic E-state index is 0.0290. The van der Waals surface area contributed by atoms with Crippen LogP contribution in [0.4, 0.5) is 0 Å². The molecule has 1 N–H and O–H groups in total. The molecule has 2 saturated carbocycles. The van der Waals surface area contributed by atoms with Crippen LogP contribution in [0, 0.1) is 17.3 Å². The van der Waals surface area contributed by atoms with Crippen molar-refractivity contribution in [1.29, 1.82) is 0 Å². The van der Waals surface area contributed by atoms with Gasteiger partial charge in [0.05, 0.1) is 23.1 Å². The molecule has 3 heterocycles. The first kappa shape index (κ1) is 43.0. The van der Waals surface area contributed by atoms with Gasteiger partial charge in [0.15, 0.2) is 30.0 Å². The smallest absolute Gasteiger partial charge is 0.340 e. The van der Waals surface area contributed by atoms with E-state index in [1.54, 1.807) is 0 Å². The number of rotatable bonds is 7. The third-order valence-corrected chi connectivity index (χ3v) is 11.1. The molecule has 4 aliphatic rings. The van der Waals surface area contributed by atoms with Crippen LogP contribution in [0.2, 0.25) is 0 Å². The molecule has 1 spiro atoms. The van der Waals surface area contributed by atoms with Gasteiger partial charge in [-0.25, -0.2) is 4.79 Å². The van der Waals surface area contributed by atoms with Gasteiger partial charge in [-0.2, -0.15) is 0 Å². The highest BCUT2D eigenvalue weighted by molar-refractivity contribution is 5.90. The lowest BCUT2D eigenvalue weighted by molar-refractivity contribution is -0.386. The fraction of sp³-hybridized carbons (Fsp3) is 0.658. The summed E-state index contributed by atoms with van der Waals surface area (Å²) >= 11 is 0. The van der Waals surface area contributed by atoms with Crippen molar-refractivity contribution >= 4 is 47.8 Å². The van der Waals surface area contributed by atoms with Crippen LogP contribution >= 0.6 is 0 Å². The minimum Gasteiger partial charge on any atom is -0.465 e. The Bertz CT molecular complexity index is 1840. The van der Waals surface area contributed by atoms with Gasteiger partial charge in [-0.05, 0) is 38.8 Å². The van der Waals surface area contributed by atoms with Crippen molar-refractivity contribution in [3.8, 4) is 0 Å². The molecule has 1 saturated heterocycles. The van der Waals surface area contributed by atoms with E-state index in [1.807, 2.05) is 0 Å². The van der Waals surface area contributed by atoms with Crippen molar-refractivity contribution in [2.45, 2.75) is 129 Å². The van der Waals surface area contributed by atoms with Gasteiger partial charge in [0.2, 0.25) is 0 Å². The van der Waals surface area contributed by atoms with Gasteiger partial charge in [-0.1, -0.05) is 6.92 Å². The number of carbonyl (C=O) groups is 8. The Morgan fingerprint density at radius 2 is 1.35 bits per heavy atom. The van der Waals surface area contributed by atoms with Crippen LogP contribution in [0.3, 0.4) is 0 Å². The van der Waals surface area contributed by atoms with Crippen LogP contribution < -0.4 is 0 Å². The van der Waals surface area contributed by atoms with E-state index in [9.17, 15) is 43.5 Å². The third kappa shape index (κ3) is 7.30. The Morgan fingerprint density at radius 3 is 1.91 bits per heavy atom. The summed E-state index contributed by atoms with van der Waals surface area (Å²) in [6.07, 6.45) is -10.3. The lowest BCUT2D eigenvalue weighted by atomic mass is 9.45. The number of ether oxygens (including phenoxy) is 9. The van der Waals surface area contributed by atoms with E-state index in [2.05, 4.69) is 4.98 Å². The Labute approximate surface area is 327 Å². The predicted molar refractivity (Wildman–Crippen MR) is 185 cm³/mol. The van der Waals surface area contributed by atoms with E-state index in [1.165, 1.54) is 32.2 Å². The zero-order valence-corrected chi connectivity index (χ0v) is 33.0. The molecular formula is C38H47NO18. The molecule has 4 bridgehead atoms. The maximum Gasteiger partial charge on any atom is 0.340 e. The molecule has 0 radical (unpaired) electrons. The Balaban J connectivity index is 1.99. The second kappa shape index (κ2) is 15.6. The Hall–Kier alpha value is -5.17. The lowest BCUT2D eigenvalue weighted by Gasteiger charge is -2.67. The van der Waals surface area contributed by atoms with E-state index in [0.29, 0.717) is 0 Å². The normalized spacial score (nSPS) is 37.1. The maximum atomic E-state index is 14.1. The predicted octanol–water partition coefficient (Wildman–Crippen LogP) is 0.863. The highest BCUT2D eigenvalue weighted by Gasteiger charge is 2.92. The van der Waals surface area contributed by atoms with Crippen LogP contribution in [-0.2, 0) is 82.6 Å². The standard InChI is InChI=1S/C38H47NO18/c1-17-12-13-25-24(11-10-14-39-25)34(47)50-15-35(8)26-27(51-19(3)41)31(54-22(6)44)37(16-49-18(2)40)32(55-23(7)45)28(52-20(4)42)30(56-33(17)46)36(9,48)38(37,57-35)29(26)53-21(5)43/h10-11,14,17,26-32,48H,12-13,15-16H2,1-9H3/t17-,26+,27+,28-,29-,30-,31+,32-,35-,36-,37+,38-/m0/s1. The molecule has 0 amide bonds. The van der Waals surface area contributed by atoms with Gasteiger partial charge >= 0.3 is 47.8 Å². The molecule has 2 aliphatic carbocycles. The molecule has 1 aromatic heterocycles. The Morgan fingerprint density at radius 1 is 0.807 bits per heavy atom. The minimum atomic E-state index is -2.80. The van der Waals surface area contributed by atoms with E-state index in [0.717, 1.165) is 48.5 Å². The highest BCUT2D eigenvalue weighted by atomic mass is 16.7. The summed E-state index contributed by atoms with van der Waals surface area (Å²) in [5, 5.41) is 13.4. The van der Waals surface area contributed by atoms with Crippen LogP contribution in [0.15, 0.2) is 18.3 Å². The summed E-state index contributed by atoms with van der Waals surface area (Å²) in [5.41, 5.74) is -9.87. The van der Waals surface area contributed by atoms with Crippen molar-refractivity contribution in [1.82, 2.24) is 4.98 Å². The summed E-state index contributed by atoms with van der Waals surface area (Å²) in [6.45, 7) is 8.15. The molecule has 1 aromatic rings. The molecular weight excluding hydrogens is 758 g/mol. The van der Waals surface area contributed by atoms with Crippen LogP contribution in [0.1, 0.15) is 84.8 Å². The van der Waals surface area contributed by atoms with Gasteiger partial charge in [-0.3, -0.25) is 38.5 Å². The van der Waals surface area contributed by atoms with Crippen molar-refractivity contribution in [3.05, 3.63) is 29.6 Å². The molecule has 12 atom stereocenters. The number of carbonyl (C=O) groups excluding carboxylic acids is 8. The number of aryl methyl sites for hydroxylation is 1. The van der Waals surface area contributed by atoms with E-state index in [4.69, 9.17) is 42.6 Å². The van der Waals surface area contributed by atoms with E-state index in [-0.39, 0.29) is 24.1 Å². The zero-order chi connectivity index (χ0) is 42.4. The second-order valence-electron chi connectivity index (χ2n) is 15.3. The van der Waals surface area contributed by atoms with Crippen LogP contribution in [0.25, 0.3) is 0 Å². The zero-order valence-electron chi connectivity index (χ0n) is 33.0. The molecule has 19 nitrogen and oxygen atoms in total. The van der Waals surface area contributed by atoms with E-state index < -0.39 is 132 Å².